The third kappa shape index (κ3) is 1.83. The van der Waals surface area contributed by atoms with Crippen molar-refractivity contribution in [1.29, 1.82) is 0 Å². The van der Waals surface area contributed by atoms with Crippen molar-refractivity contribution in [1.82, 2.24) is 0 Å². The van der Waals surface area contributed by atoms with Gasteiger partial charge in [0.15, 0.2) is 0 Å². The van der Waals surface area contributed by atoms with Crippen molar-refractivity contribution in [2.75, 3.05) is 0 Å². The van der Waals surface area contributed by atoms with Crippen LogP contribution in [-0.4, -0.2) is 11.2 Å². The van der Waals surface area contributed by atoms with Crippen LogP contribution >= 0.6 is 0 Å². The lowest BCUT2D eigenvalue weighted by atomic mass is 9.80. The maximum Gasteiger partial charge on any atom is 0.0726 e. The molecule has 0 aromatic rings. The average Bonchev–Trinajstić information content (AvgIpc) is 1.60. The van der Waals surface area contributed by atoms with E-state index in [9.17, 15) is 0 Å². The molecule has 1 nitrogen and oxygen atoms in total. The fourth-order valence-electron chi connectivity index (χ4n) is 1.26. The van der Waals surface area contributed by atoms with E-state index < -0.39 is 0 Å². The first-order valence-corrected chi connectivity index (χ1v) is 3.45. The van der Waals surface area contributed by atoms with E-state index in [1.54, 1.807) is 0 Å². The molecule has 0 spiro atoms. The second-order valence-corrected chi connectivity index (χ2v) is 3.57. The molecule has 0 fully saturated rings. The first-order valence-electron chi connectivity index (χ1n) is 3.45. The summed E-state index contributed by atoms with van der Waals surface area (Å²) in [6.07, 6.45) is 5.75. The highest BCUT2D eigenvalue weighted by Gasteiger charge is 2.22. The van der Waals surface area contributed by atoms with Gasteiger partial charge in [0.1, 0.15) is 0 Å². The van der Waals surface area contributed by atoms with Crippen molar-refractivity contribution < 1.29 is 5.11 Å². The van der Waals surface area contributed by atoms with Gasteiger partial charge in [0.05, 0.1) is 6.10 Å². The minimum atomic E-state index is -0.200. The summed E-state index contributed by atoms with van der Waals surface area (Å²) < 4.78 is 0. The summed E-state index contributed by atoms with van der Waals surface area (Å²) in [5, 5.41) is 9.16. The molecule has 1 atom stereocenters. The number of aliphatic hydroxyl groups excluding tert-OH is 1. The Hall–Kier alpha value is -0.300. The minimum Gasteiger partial charge on any atom is -0.389 e. The zero-order valence-electron chi connectivity index (χ0n) is 6.09. The van der Waals surface area contributed by atoms with E-state index >= 15 is 0 Å². The maximum absolute atomic E-state index is 9.16. The lowest BCUT2D eigenvalue weighted by Gasteiger charge is -2.28. The molecule has 1 aliphatic rings. The van der Waals surface area contributed by atoms with Crippen LogP contribution in [-0.2, 0) is 0 Å². The molecular formula is C8H14O. The number of hydrogen-bond donors (Lipinski definition) is 1. The predicted octanol–water partition coefficient (Wildman–Crippen LogP) is 1.72. The second kappa shape index (κ2) is 2.14. The van der Waals surface area contributed by atoms with Crippen LogP contribution in [0.15, 0.2) is 12.2 Å². The van der Waals surface area contributed by atoms with Gasteiger partial charge >= 0.3 is 0 Å². The Labute approximate surface area is 56.4 Å². The van der Waals surface area contributed by atoms with Crippen molar-refractivity contribution >= 4 is 0 Å². The van der Waals surface area contributed by atoms with Crippen molar-refractivity contribution in [3.05, 3.63) is 12.2 Å². The van der Waals surface area contributed by atoms with Crippen LogP contribution in [0, 0.1) is 5.41 Å². The fraction of sp³-hybridized carbons (Fsp3) is 0.750. The summed E-state index contributed by atoms with van der Waals surface area (Å²) >= 11 is 0. The largest absolute Gasteiger partial charge is 0.389 e. The van der Waals surface area contributed by atoms with Gasteiger partial charge in [-0.3, -0.25) is 0 Å². The van der Waals surface area contributed by atoms with Crippen molar-refractivity contribution in [3.63, 3.8) is 0 Å². The van der Waals surface area contributed by atoms with E-state index in [-0.39, 0.29) is 6.10 Å². The first-order chi connectivity index (χ1) is 4.10. The summed E-state index contributed by atoms with van der Waals surface area (Å²) in [5.74, 6) is 0. The van der Waals surface area contributed by atoms with E-state index in [0.717, 1.165) is 12.8 Å². The predicted molar refractivity (Wildman–Crippen MR) is 38.2 cm³/mol. The minimum absolute atomic E-state index is 0.200. The molecule has 1 rings (SSSR count). The number of rotatable bonds is 0. The van der Waals surface area contributed by atoms with Gasteiger partial charge in [-0.2, -0.15) is 0 Å². The normalized spacial score (nSPS) is 32.6. The molecule has 0 saturated heterocycles. The maximum atomic E-state index is 9.16. The number of aliphatic hydroxyl groups is 1. The first kappa shape index (κ1) is 6.81. The Balaban J connectivity index is 2.58. The topological polar surface area (TPSA) is 20.2 Å². The number of hydrogen-bond acceptors (Lipinski definition) is 1. The van der Waals surface area contributed by atoms with E-state index in [1.165, 1.54) is 0 Å². The summed E-state index contributed by atoms with van der Waals surface area (Å²) in [7, 11) is 0. The second-order valence-electron chi connectivity index (χ2n) is 3.57. The molecule has 1 N–H and O–H groups in total. The van der Waals surface area contributed by atoms with Crippen LogP contribution in [0.25, 0.3) is 0 Å². The molecule has 52 valence electrons. The summed E-state index contributed by atoms with van der Waals surface area (Å²) in [4.78, 5) is 0. The van der Waals surface area contributed by atoms with Gasteiger partial charge in [0, 0.05) is 0 Å². The van der Waals surface area contributed by atoms with Gasteiger partial charge in [-0.05, 0) is 18.3 Å². The van der Waals surface area contributed by atoms with Gasteiger partial charge < -0.3 is 5.11 Å². The molecule has 0 aromatic heterocycles. The molecular weight excluding hydrogens is 112 g/mol. The molecule has 9 heavy (non-hydrogen) atoms. The molecule has 1 aliphatic carbocycles. The van der Waals surface area contributed by atoms with Crippen LogP contribution in [0.3, 0.4) is 0 Å². The quantitative estimate of drug-likeness (QED) is 0.490. The molecule has 0 unspecified atom stereocenters. The zero-order chi connectivity index (χ0) is 6.91. The Morgan fingerprint density at radius 3 is 2.56 bits per heavy atom. The van der Waals surface area contributed by atoms with Gasteiger partial charge in [0.2, 0.25) is 0 Å². The molecule has 1 heteroatoms. The van der Waals surface area contributed by atoms with E-state index in [1.807, 2.05) is 6.08 Å². The van der Waals surface area contributed by atoms with Crippen molar-refractivity contribution in [2.24, 2.45) is 5.41 Å². The molecule has 0 heterocycles. The molecule has 0 saturated carbocycles. The van der Waals surface area contributed by atoms with Crippen LogP contribution in [0.5, 0.6) is 0 Å². The molecule has 0 aromatic carbocycles. The monoisotopic (exact) mass is 126 g/mol. The third-order valence-corrected chi connectivity index (χ3v) is 1.79. The Kier molecular flexibility index (Phi) is 1.62. The molecule has 0 bridgehead atoms. The van der Waals surface area contributed by atoms with Crippen molar-refractivity contribution in [3.8, 4) is 0 Å². The number of allylic oxidation sites excluding steroid dienone is 1. The highest BCUT2D eigenvalue weighted by Crippen LogP contribution is 2.30. The lowest BCUT2D eigenvalue weighted by molar-refractivity contribution is 0.143. The summed E-state index contributed by atoms with van der Waals surface area (Å²) in [6, 6.07) is 0. The summed E-state index contributed by atoms with van der Waals surface area (Å²) in [5.41, 5.74) is 0.314. The molecule has 0 aliphatic heterocycles. The average molecular weight is 126 g/mol. The van der Waals surface area contributed by atoms with Crippen molar-refractivity contribution in [2.45, 2.75) is 32.8 Å². The SMILES string of the molecule is CC1(C)CC=C[C@H](O)C1. The van der Waals surface area contributed by atoms with E-state index in [2.05, 4.69) is 19.9 Å². The Morgan fingerprint density at radius 1 is 1.56 bits per heavy atom. The van der Waals surface area contributed by atoms with Gasteiger partial charge in [-0.15, -0.1) is 0 Å². The Bertz CT molecular complexity index is 125. The molecule has 0 amide bonds. The van der Waals surface area contributed by atoms with Crippen LogP contribution in [0.1, 0.15) is 26.7 Å². The van der Waals surface area contributed by atoms with Gasteiger partial charge in [-0.25, -0.2) is 0 Å². The van der Waals surface area contributed by atoms with Crippen LogP contribution < -0.4 is 0 Å². The highest BCUT2D eigenvalue weighted by atomic mass is 16.3. The zero-order valence-corrected chi connectivity index (χ0v) is 6.09. The highest BCUT2D eigenvalue weighted by molar-refractivity contribution is 4.99. The van der Waals surface area contributed by atoms with Gasteiger partial charge in [-0.1, -0.05) is 26.0 Å². The van der Waals surface area contributed by atoms with Gasteiger partial charge in [0.25, 0.3) is 0 Å². The Morgan fingerprint density at radius 2 is 2.22 bits per heavy atom. The van der Waals surface area contributed by atoms with E-state index in [0.29, 0.717) is 5.41 Å². The summed E-state index contributed by atoms with van der Waals surface area (Å²) in [6.45, 7) is 4.36. The van der Waals surface area contributed by atoms with E-state index in [4.69, 9.17) is 5.11 Å². The lowest BCUT2D eigenvalue weighted by Crippen LogP contribution is -2.21. The standard InChI is InChI=1S/C8H14O/c1-8(2)5-3-4-7(9)6-8/h3-4,7,9H,5-6H2,1-2H3/t7-/m0/s1. The van der Waals surface area contributed by atoms with Crippen LogP contribution in [0.4, 0.5) is 0 Å². The van der Waals surface area contributed by atoms with Crippen LogP contribution in [0.2, 0.25) is 0 Å². The third-order valence-electron chi connectivity index (χ3n) is 1.79. The smallest absolute Gasteiger partial charge is 0.0726 e. The fourth-order valence-corrected chi connectivity index (χ4v) is 1.26. The molecule has 0 radical (unpaired) electrons.